The largest absolute Gasteiger partial charge is 0.504 e. The van der Waals surface area contributed by atoms with Crippen molar-refractivity contribution < 1.29 is 9.84 Å². The molecule has 5 heteroatoms. The van der Waals surface area contributed by atoms with Gasteiger partial charge in [-0.05, 0) is 30.2 Å². The number of aromatic hydroxyl groups is 1. The Balaban J connectivity index is 2.09. The van der Waals surface area contributed by atoms with Gasteiger partial charge in [0.05, 0.1) is 18.0 Å². The van der Waals surface area contributed by atoms with Crippen LogP contribution in [0.1, 0.15) is 20.3 Å². The Hall–Kier alpha value is -2.43. The molecule has 1 aromatic heterocycles. The molecule has 0 saturated heterocycles. The number of azo groups is 1. The summed E-state index contributed by atoms with van der Waals surface area (Å²) in [6.07, 6.45) is 4.35. The number of benzene rings is 1. The van der Waals surface area contributed by atoms with E-state index >= 15 is 0 Å². The molecule has 1 atom stereocenters. The molecule has 0 bridgehead atoms. The van der Waals surface area contributed by atoms with E-state index in [4.69, 9.17) is 4.74 Å². The van der Waals surface area contributed by atoms with Crippen LogP contribution in [-0.4, -0.2) is 16.7 Å². The molecule has 110 valence electrons. The van der Waals surface area contributed by atoms with Crippen LogP contribution in [0.2, 0.25) is 0 Å². The topological polar surface area (TPSA) is 67.1 Å². The number of nitrogens with zero attached hydrogens (tertiary/aromatic N) is 3. The smallest absolute Gasteiger partial charge is 0.163 e. The molecule has 2 aromatic rings. The predicted molar refractivity (Wildman–Crippen MR) is 81.5 cm³/mol. The van der Waals surface area contributed by atoms with Gasteiger partial charge in [-0.3, -0.25) is 4.98 Å². The van der Waals surface area contributed by atoms with Crippen LogP contribution in [0.5, 0.6) is 11.5 Å². The molecule has 21 heavy (non-hydrogen) atoms. The van der Waals surface area contributed by atoms with Gasteiger partial charge in [0.2, 0.25) is 0 Å². The summed E-state index contributed by atoms with van der Waals surface area (Å²) in [5, 5.41) is 18.0. The van der Waals surface area contributed by atoms with E-state index in [2.05, 4.69) is 29.1 Å². The van der Waals surface area contributed by atoms with Crippen molar-refractivity contribution in [3.63, 3.8) is 0 Å². The summed E-state index contributed by atoms with van der Waals surface area (Å²) in [5.41, 5.74) is 1.35. The molecular formula is C16H19N3O2. The first kappa shape index (κ1) is 15.0. The van der Waals surface area contributed by atoms with E-state index in [-0.39, 0.29) is 5.75 Å². The number of phenols is 1. The zero-order valence-electron chi connectivity index (χ0n) is 12.2. The lowest BCUT2D eigenvalue weighted by Gasteiger charge is -2.12. The van der Waals surface area contributed by atoms with Gasteiger partial charge in [-0.15, -0.1) is 0 Å². The van der Waals surface area contributed by atoms with E-state index in [0.717, 1.165) is 12.1 Å². The third kappa shape index (κ3) is 4.56. The lowest BCUT2D eigenvalue weighted by molar-refractivity contribution is 0.246. The van der Waals surface area contributed by atoms with Crippen molar-refractivity contribution in [3.8, 4) is 11.5 Å². The highest BCUT2D eigenvalue weighted by atomic mass is 16.5. The molecule has 1 aromatic carbocycles. The Morgan fingerprint density at radius 1 is 1.14 bits per heavy atom. The third-order valence-corrected chi connectivity index (χ3v) is 3.11. The molecule has 1 N–H and O–H groups in total. The molecule has 1 heterocycles. The van der Waals surface area contributed by atoms with Crippen LogP contribution in [0.25, 0.3) is 0 Å². The molecule has 0 amide bonds. The number of hydrogen-bond acceptors (Lipinski definition) is 5. The Morgan fingerprint density at radius 2 is 1.86 bits per heavy atom. The first-order valence-corrected chi connectivity index (χ1v) is 6.96. The Bertz CT molecular complexity index is 600. The van der Waals surface area contributed by atoms with Gasteiger partial charge >= 0.3 is 0 Å². The first-order valence-electron chi connectivity index (χ1n) is 6.96. The number of hydrogen-bond donors (Lipinski definition) is 1. The summed E-state index contributed by atoms with van der Waals surface area (Å²) < 4.78 is 5.62. The second-order valence-corrected chi connectivity index (χ2v) is 4.88. The Morgan fingerprint density at radius 3 is 2.57 bits per heavy atom. The number of aromatic nitrogens is 1. The molecule has 2 rings (SSSR count). The summed E-state index contributed by atoms with van der Waals surface area (Å²) >= 11 is 0. The van der Waals surface area contributed by atoms with Crippen molar-refractivity contribution in [2.75, 3.05) is 6.61 Å². The van der Waals surface area contributed by atoms with E-state index in [1.807, 2.05) is 0 Å². The molecule has 0 unspecified atom stereocenters. The number of phenolic OH excluding ortho intramolecular Hbond substituents is 1. The average Bonchev–Trinajstić information content (AvgIpc) is 2.53. The number of ether oxygens (including phenoxy) is 1. The van der Waals surface area contributed by atoms with Gasteiger partial charge in [-0.25, -0.2) is 0 Å². The Kier molecular flexibility index (Phi) is 5.26. The third-order valence-electron chi connectivity index (χ3n) is 3.11. The Labute approximate surface area is 124 Å². The maximum absolute atomic E-state index is 9.80. The zero-order valence-corrected chi connectivity index (χ0v) is 12.2. The van der Waals surface area contributed by atoms with Crippen molar-refractivity contribution >= 4 is 11.4 Å². The van der Waals surface area contributed by atoms with Gasteiger partial charge in [0.1, 0.15) is 0 Å². The van der Waals surface area contributed by atoms with Gasteiger partial charge < -0.3 is 9.84 Å². The minimum Gasteiger partial charge on any atom is -0.504 e. The molecule has 0 radical (unpaired) electrons. The normalized spacial score (nSPS) is 12.5. The van der Waals surface area contributed by atoms with Crippen molar-refractivity contribution in [2.24, 2.45) is 16.1 Å². The maximum Gasteiger partial charge on any atom is 0.163 e. The van der Waals surface area contributed by atoms with E-state index in [1.54, 1.807) is 42.7 Å². The second kappa shape index (κ2) is 7.38. The SMILES string of the molecule is CC[C@H](C)COc1cc(N=Nc2ccncc2)ccc1O. The van der Waals surface area contributed by atoms with Crippen molar-refractivity contribution in [3.05, 3.63) is 42.7 Å². The molecule has 5 nitrogen and oxygen atoms in total. The molecule has 0 saturated carbocycles. The second-order valence-electron chi connectivity index (χ2n) is 4.88. The highest BCUT2D eigenvalue weighted by molar-refractivity contribution is 5.51. The summed E-state index contributed by atoms with van der Waals surface area (Å²) in [7, 11) is 0. The van der Waals surface area contributed by atoms with Crippen LogP contribution >= 0.6 is 0 Å². The maximum atomic E-state index is 9.80. The van der Waals surface area contributed by atoms with Crippen LogP contribution in [-0.2, 0) is 0 Å². The summed E-state index contributed by atoms with van der Waals surface area (Å²) in [4.78, 5) is 3.92. The highest BCUT2D eigenvalue weighted by Gasteiger charge is 2.06. The zero-order chi connectivity index (χ0) is 15.1. The molecule has 0 aliphatic rings. The monoisotopic (exact) mass is 285 g/mol. The van der Waals surface area contributed by atoms with E-state index in [9.17, 15) is 5.11 Å². The number of pyridine rings is 1. The van der Waals surface area contributed by atoms with E-state index in [1.165, 1.54) is 0 Å². The summed E-state index contributed by atoms with van der Waals surface area (Å²) in [6, 6.07) is 8.47. The molecule has 0 aliphatic heterocycles. The number of rotatable bonds is 6. The first-order chi connectivity index (χ1) is 10.2. The fourth-order valence-electron chi connectivity index (χ4n) is 1.56. The van der Waals surface area contributed by atoms with Crippen LogP contribution in [0.3, 0.4) is 0 Å². The predicted octanol–water partition coefficient (Wildman–Crippen LogP) is 4.63. The van der Waals surface area contributed by atoms with Gasteiger partial charge in [-0.1, -0.05) is 20.3 Å². The molecular weight excluding hydrogens is 266 g/mol. The lowest BCUT2D eigenvalue weighted by Crippen LogP contribution is -2.07. The molecule has 0 aliphatic carbocycles. The fourth-order valence-corrected chi connectivity index (χ4v) is 1.56. The average molecular weight is 285 g/mol. The van der Waals surface area contributed by atoms with Crippen LogP contribution in [0, 0.1) is 5.92 Å². The van der Waals surface area contributed by atoms with E-state index < -0.39 is 0 Å². The fraction of sp³-hybridized carbons (Fsp3) is 0.312. The molecule has 0 spiro atoms. The van der Waals surface area contributed by atoms with Gasteiger partial charge in [0.25, 0.3) is 0 Å². The van der Waals surface area contributed by atoms with Gasteiger partial charge in [0.15, 0.2) is 11.5 Å². The lowest BCUT2D eigenvalue weighted by atomic mass is 10.1. The summed E-state index contributed by atoms with van der Waals surface area (Å²) in [5.74, 6) is 0.981. The highest BCUT2D eigenvalue weighted by Crippen LogP contribution is 2.31. The van der Waals surface area contributed by atoms with Gasteiger partial charge in [-0.2, -0.15) is 10.2 Å². The van der Waals surface area contributed by atoms with Gasteiger partial charge in [0, 0.05) is 18.5 Å². The summed E-state index contributed by atoms with van der Waals surface area (Å²) in [6.45, 7) is 4.77. The van der Waals surface area contributed by atoms with Crippen molar-refractivity contribution in [2.45, 2.75) is 20.3 Å². The van der Waals surface area contributed by atoms with Crippen LogP contribution < -0.4 is 4.74 Å². The quantitative estimate of drug-likeness (QED) is 0.787. The van der Waals surface area contributed by atoms with Crippen molar-refractivity contribution in [1.82, 2.24) is 4.98 Å². The van der Waals surface area contributed by atoms with Crippen LogP contribution in [0.4, 0.5) is 11.4 Å². The standard InChI is InChI=1S/C16H19N3O2/c1-3-12(2)11-21-16-10-14(4-5-15(16)20)19-18-13-6-8-17-9-7-13/h4-10,12,20H,3,11H2,1-2H3/t12-/m0/s1. The van der Waals surface area contributed by atoms with E-state index in [0.29, 0.717) is 24.0 Å². The minimum atomic E-state index is 0.112. The minimum absolute atomic E-state index is 0.112. The van der Waals surface area contributed by atoms with Crippen LogP contribution in [0.15, 0.2) is 53.0 Å². The molecule has 0 fully saturated rings. The van der Waals surface area contributed by atoms with Crippen molar-refractivity contribution in [1.29, 1.82) is 0 Å².